The molecule has 8 heteroatoms. The maximum Gasteiger partial charge on any atom is 0.227 e. The highest BCUT2D eigenvalue weighted by molar-refractivity contribution is 6.30. The molecule has 7 nitrogen and oxygen atoms in total. The fourth-order valence-electron chi connectivity index (χ4n) is 2.67. The number of hydrogen-bond acceptors (Lipinski definition) is 5. The number of amides is 1. The largest absolute Gasteiger partial charge is 0.356 e. The van der Waals surface area contributed by atoms with Gasteiger partial charge in [0.05, 0.1) is 0 Å². The number of carbonyl (C=O) groups excluding carboxylic acids is 1. The lowest BCUT2D eigenvalue weighted by molar-refractivity contribution is -0.121. The van der Waals surface area contributed by atoms with E-state index in [1.54, 1.807) is 18.3 Å². The molecule has 0 aliphatic heterocycles. The fraction of sp³-hybridized carbons (Fsp3) is 0.368. The van der Waals surface area contributed by atoms with Crippen LogP contribution in [0.4, 0.5) is 0 Å². The summed E-state index contributed by atoms with van der Waals surface area (Å²) in [6.07, 6.45) is 4.44. The van der Waals surface area contributed by atoms with Gasteiger partial charge in [-0.15, -0.1) is 0 Å². The zero-order valence-corrected chi connectivity index (χ0v) is 16.1. The van der Waals surface area contributed by atoms with Crippen LogP contribution in [0, 0.1) is 12.8 Å². The van der Waals surface area contributed by atoms with E-state index >= 15 is 0 Å². The number of rotatable bonds is 8. The minimum absolute atomic E-state index is 0.0320. The smallest absolute Gasteiger partial charge is 0.227 e. The van der Waals surface area contributed by atoms with Crippen molar-refractivity contribution in [3.05, 3.63) is 53.4 Å². The maximum atomic E-state index is 12.1. The van der Waals surface area contributed by atoms with Crippen LogP contribution in [0.5, 0.6) is 0 Å². The summed E-state index contributed by atoms with van der Waals surface area (Å²) in [5.41, 5.74) is 0.822. The minimum atomic E-state index is -0.0320. The summed E-state index contributed by atoms with van der Waals surface area (Å²) in [6.45, 7) is 5.49. The molecule has 0 spiro atoms. The van der Waals surface area contributed by atoms with Crippen molar-refractivity contribution >= 4 is 17.5 Å². The summed E-state index contributed by atoms with van der Waals surface area (Å²) in [5, 5.41) is 7.55. The molecule has 0 unspecified atom stereocenters. The lowest BCUT2D eigenvalue weighted by atomic mass is 10.1. The Bertz CT molecular complexity index is 888. The SMILES string of the molecule is Cc1nccn1C[C@H](C)CNC(=O)CCc1nc(-c2ccc(Cl)cc2)no1. The van der Waals surface area contributed by atoms with E-state index in [1.807, 2.05) is 25.3 Å². The highest BCUT2D eigenvalue weighted by Crippen LogP contribution is 2.19. The monoisotopic (exact) mass is 387 g/mol. The third kappa shape index (κ3) is 5.40. The predicted molar refractivity (Wildman–Crippen MR) is 102 cm³/mol. The van der Waals surface area contributed by atoms with Crippen molar-refractivity contribution in [1.29, 1.82) is 0 Å². The Morgan fingerprint density at radius 2 is 2.11 bits per heavy atom. The topological polar surface area (TPSA) is 85.8 Å². The van der Waals surface area contributed by atoms with Gasteiger partial charge in [-0.2, -0.15) is 4.98 Å². The summed E-state index contributed by atoms with van der Waals surface area (Å²) >= 11 is 5.87. The van der Waals surface area contributed by atoms with Gasteiger partial charge in [-0.1, -0.05) is 23.7 Å². The van der Waals surface area contributed by atoms with Gasteiger partial charge in [-0.05, 0) is 37.1 Å². The van der Waals surface area contributed by atoms with Crippen molar-refractivity contribution in [2.24, 2.45) is 5.92 Å². The van der Waals surface area contributed by atoms with Crippen molar-refractivity contribution in [2.45, 2.75) is 33.2 Å². The molecular formula is C19H22ClN5O2. The van der Waals surface area contributed by atoms with Crippen LogP contribution in [-0.4, -0.2) is 32.1 Å². The van der Waals surface area contributed by atoms with Gasteiger partial charge >= 0.3 is 0 Å². The number of aryl methyl sites for hydroxylation is 2. The van der Waals surface area contributed by atoms with Crippen LogP contribution in [0.25, 0.3) is 11.4 Å². The molecule has 1 atom stereocenters. The van der Waals surface area contributed by atoms with Gasteiger partial charge in [0.1, 0.15) is 5.82 Å². The number of halogens is 1. The van der Waals surface area contributed by atoms with Crippen LogP contribution >= 0.6 is 11.6 Å². The molecule has 0 saturated heterocycles. The molecule has 1 N–H and O–H groups in total. The van der Waals surface area contributed by atoms with Crippen molar-refractivity contribution in [1.82, 2.24) is 25.0 Å². The zero-order chi connectivity index (χ0) is 19.2. The van der Waals surface area contributed by atoms with Gasteiger partial charge < -0.3 is 14.4 Å². The van der Waals surface area contributed by atoms with Crippen molar-refractivity contribution in [3.8, 4) is 11.4 Å². The van der Waals surface area contributed by atoms with Crippen LogP contribution in [-0.2, 0) is 17.8 Å². The summed E-state index contributed by atoms with van der Waals surface area (Å²) in [5.74, 6) is 2.18. The predicted octanol–water partition coefficient (Wildman–Crippen LogP) is 3.28. The Morgan fingerprint density at radius 3 is 2.81 bits per heavy atom. The van der Waals surface area contributed by atoms with Crippen LogP contribution in [0.1, 0.15) is 25.1 Å². The summed E-state index contributed by atoms with van der Waals surface area (Å²) in [4.78, 5) is 20.6. The molecule has 1 aromatic carbocycles. The molecule has 1 amide bonds. The van der Waals surface area contributed by atoms with Crippen LogP contribution < -0.4 is 5.32 Å². The number of benzene rings is 1. The van der Waals surface area contributed by atoms with Crippen LogP contribution in [0.2, 0.25) is 5.02 Å². The second-order valence-corrected chi connectivity index (χ2v) is 6.99. The Labute approximate surface area is 162 Å². The van der Waals surface area contributed by atoms with E-state index in [1.165, 1.54) is 0 Å². The number of nitrogens with one attached hydrogen (secondary N) is 1. The average Bonchev–Trinajstić information content (AvgIpc) is 3.28. The first kappa shape index (κ1) is 19.1. The van der Waals surface area contributed by atoms with E-state index in [0.29, 0.717) is 42.0 Å². The van der Waals surface area contributed by atoms with E-state index in [4.69, 9.17) is 16.1 Å². The second-order valence-electron chi connectivity index (χ2n) is 6.55. The van der Waals surface area contributed by atoms with E-state index in [9.17, 15) is 4.79 Å². The Morgan fingerprint density at radius 1 is 1.33 bits per heavy atom. The third-order valence-electron chi connectivity index (χ3n) is 4.22. The molecule has 3 rings (SSSR count). The number of imidazole rings is 1. The summed E-state index contributed by atoms with van der Waals surface area (Å²) in [6, 6.07) is 7.19. The lowest BCUT2D eigenvalue weighted by Crippen LogP contribution is -2.30. The number of aromatic nitrogens is 4. The molecule has 2 heterocycles. The maximum absolute atomic E-state index is 12.1. The molecule has 0 aliphatic rings. The van der Waals surface area contributed by atoms with E-state index in [0.717, 1.165) is 17.9 Å². The number of hydrogen-bond donors (Lipinski definition) is 1. The quantitative estimate of drug-likeness (QED) is 0.641. The first-order valence-electron chi connectivity index (χ1n) is 8.84. The van der Waals surface area contributed by atoms with Gasteiger partial charge in [0.15, 0.2) is 0 Å². The van der Waals surface area contributed by atoms with Gasteiger partial charge in [0.25, 0.3) is 0 Å². The summed E-state index contributed by atoms with van der Waals surface area (Å²) < 4.78 is 7.30. The van der Waals surface area contributed by atoms with Crippen LogP contribution in [0.15, 0.2) is 41.2 Å². The molecule has 0 radical (unpaired) electrons. The normalized spacial score (nSPS) is 12.1. The average molecular weight is 388 g/mol. The molecule has 27 heavy (non-hydrogen) atoms. The zero-order valence-electron chi connectivity index (χ0n) is 15.4. The van der Waals surface area contributed by atoms with Crippen molar-refractivity contribution in [3.63, 3.8) is 0 Å². The lowest BCUT2D eigenvalue weighted by Gasteiger charge is -2.14. The third-order valence-corrected chi connectivity index (χ3v) is 4.47. The minimum Gasteiger partial charge on any atom is -0.356 e. The van der Waals surface area contributed by atoms with E-state index in [-0.39, 0.29) is 5.91 Å². The van der Waals surface area contributed by atoms with Gasteiger partial charge in [-0.25, -0.2) is 4.98 Å². The molecule has 0 saturated carbocycles. The van der Waals surface area contributed by atoms with Crippen LogP contribution in [0.3, 0.4) is 0 Å². The highest BCUT2D eigenvalue weighted by Gasteiger charge is 2.12. The number of nitrogens with zero attached hydrogens (tertiary/aromatic N) is 4. The van der Waals surface area contributed by atoms with Gasteiger partial charge in [0.2, 0.25) is 17.6 Å². The molecular weight excluding hydrogens is 366 g/mol. The molecule has 0 aliphatic carbocycles. The molecule has 3 aromatic rings. The first-order valence-corrected chi connectivity index (χ1v) is 9.22. The highest BCUT2D eigenvalue weighted by atomic mass is 35.5. The fourth-order valence-corrected chi connectivity index (χ4v) is 2.79. The van der Waals surface area contributed by atoms with Crippen molar-refractivity contribution < 1.29 is 9.32 Å². The van der Waals surface area contributed by atoms with Crippen molar-refractivity contribution in [2.75, 3.05) is 6.54 Å². The molecule has 2 aromatic heterocycles. The standard InChI is InChI=1S/C19H22ClN5O2/c1-13(12-25-10-9-21-14(25)2)11-22-17(26)7-8-18-23-19(24-27-18)15-3-5-16(20)6-4-15/h3-6,9-10,13H,7-8,11-12H2,1-2H3,(H,22,26)/t13-/m1/s1. The first-order chi connectivity index (χ1) is 13.0. The Hall–Kier alpha value is -2.67. The van der Waals surface area contributed by atoms with Gasteiger partial charge in [0, 0.05) is 48.9 Å². The molecule has 0 bridgehead atoms. The Kier molecular flexibility index (Phi) is 6.24. The number of carbonyl (C=O) groups is 1. The van der Waals surface area contributed by atoms with E-state index in [2.05, 4.69) is 31.9 Å². The Balaban J connectivity index is 1.43. The van der Waals surface area contributed by atoms with E-state index < -0.39 is 0 Å². The van der Waals surface area contributed by atoms with Gasteiger partial charge in [-0.3, -0.25) is 4.79 Å². The molecule has 142 valence electrons. The molecule has 0 fully saturated rings. The second kappa shape index (κ2) is 8.81. The summed E-state index contributed by atoms with van der Waals surface area (Å²) in [7, 11) is 0.